The van der Waals surface area contributed by atoms with Gasteiger partial charge in [-0.2, -0.15) is 0 Å². The molecule has 2 aromatic rings. The summed E-state index contributed by atoms with van der Waals surface area (Å²) in [6, 6.07) is 14.6. The normalized spacial score (nSPS) is 12.4. The van der Waals surface area contributed by atoms with E-state index >= 15 is 0 Å². The van der Waals surface area contributed by atoms with Gasteiger partial charge in [0.25, 0.3) is 0 Å². The summed E-state index contributed by atoms with van der Waals surface area (Å²) in [5.74, 6) is 0.577. The quantitative estimate of drug-likeness (QED) is 0.373. The third-order valence-electron chi connectivity index (χ3n) is 4.44. The molecule has 0 aliphatic heterocycles. The highest BCUT2D eigenvalue weighted by molar-refractivity contribution is 5.80. The van der Waals surface area contributed by atoms with E-state index in [4.69, 9.17) is 0 Å². The fourth-order valence-electron chi connectivity index (χ4n) is 2.76. The first-order valence-electron chi connectivity index (χ1n) is 9.50. The summed E-state index contributed by atoms with van der Waals surface area (Å²) in [7, 11) is 1.72. The lowest BCUT2D eigenvalue weighted by Crippen LogP contribution is -2.42. The Bertz CT molecular complexity index is 789. The van der Waals surface area contributed by atoms with Crippen LogP contribution in [-0.4, -0.2) is 38.5 Å². The zero-order valence-corrected chi connectivity index (χ0v) is 16.8. The van der Waals surface area contributed by atoms with E-state index in [-0.39, 0.29) is 18.1 Å². The monoisotopic (exact) mass is 384 g/mol. The highest BCUT2D eigenvalue weighted by Crippen LogP contribution is 2.14. The molecule has 1 atom stereocenters. The number of carbonyl (C=O) groups excluding carboxylic acids is 1. The number of rotatable bonds is 8. The molecular weight excluding hydrogens is 355 g/mol. The molecule has 0 radical (unpaired) electrons. The molecule has 0 aromatic heterocycles. The van der Waals surface area contributed by atoms with Crippen LogP contribution in [0.3, 0.4) is 0 Å². The molecule has 0 bridgehead atoms. The van der Waals surface area contributed by atoms with Gasteiger partial charge in [0.05, 0.1) is 6.42 Å². The minimum absolute atomic E-state index is 0.136. The zero-order chi connectivity index (χ0) is 20.4. The van der Waals surface area contributed by atoms with E-state index in [1.54, 1.807) is 19.2 Å². The van der Waals surface area contributed by atoms with Gasteiger partial charge in [0.2, 0.25) is 5.91 Å². The van der Waals surface area contributed by atoms with Crippen LogP contribution in [0.1, 0.15) is 29.5 Å². The lowest BCUT2D eigenvalue weighted by Gasteiger charge is -2.16. The Morgan fingerprint density at radius 3 is 2.46 bits per heavy atom. The molecule has 6 heteroatoms. The lowest BCUT2D eigenvalue weighted by atomic mass is 10.0. The van der Waals surface area contributed by atoms with E-state index in [2.05, 4.69) is 59.1 Å². The van der Waals surface area contributed by atoms with Gasteiger partial charge in [-0.15, -0.1) is 0 Å². The predicted octanol–water partition coefficient (Wildman–Crippen LogP) is 2.76. The van der Waals surface area contributed by atoms with Crippen LogP contribution < -0.4 is 16.0 Å². The van der Waals surface area contributed by atoms with E-state index in [9.17, 15) is 9.18 Å². The van der Waals surface area contributed by atoms with E-state index < -0.39 is 0 Å². The van der Waals surface area contributed by atoms with Gasteiger partial charge in [-0.1, -0.05) is 48.9 Å². The van der Waals surface area contributed by atoms with Crippen molar-refractivity contribution in [2.75, 3.05) is 26.7 Å². The van der Waals surface area contributed by atoms with Gasteiger partial charge >= 0.3 is 0 Å². The Kier molecular flexibility index (Phi) is 8.46. The molecule has 0 fully saturated rings. The number of carbonyl (C=O) groups is 1. The van der Waals surface area contributed by atoms with Crippen LogP contribution in [0.2, 0.25) is 0 Å². The SMILES string of the molecule is CN=C(NCCNC(=O)Cc1cccc(F)c1)NCC(C)c1ccc(C)cc1. The molecule has 1 amide bonds. The smallest absolute Gasteiger partial charge is 0.224 e. The van der Waals surface area contributed by atoms with Crippen LogP contribution in [0.4, 0.5) is 4.39 Å². The van der Waals surface area contributed by atoms with Crippen LogP contribution in [-0.2, 0) is 11.2 Å². The first-order valence-corrected chi connectivity index (χ1v) is 9.50. The van der Waals surface area contributed by atoms with Crippen LogP contribution in [0.5, 0.6) is 0 Å². The van der Waals surface area contributed by atoms with Crippen molar-refractivity contribution in [3.63, 3.8) is 0 Å². The molecule has 28 heavy (non-hydrogen) atoms. The number of hydrogen-bond acceptors (Lipinski definition) is 2. The number of benzene rings is 2. The van der Waals surface area contributed by atoms with Crippen molar-refractivity contribution in [1.29, 1.82) is 0 Å². The van der Waals surface area contributed by atoms with Gasteiger partial charge in [0, 0.05) is 26.7 Å². The topological polar surface area (TPSA) is 65.5 Å². The summed E-state index contributed by atoms with van der Waals surface area (Å²) in [6.45, 7) is 6.01. The summed E-state index contributed by atoms with van der Waals surface area (Å²) in [4.78, 5) is 16.1. The Labute approximate surface area is 166 Å². The highest BCUT2D eigenvalue weighted by atomic mass is 19.1. The van der Waals surface area contributed by atoms with Crippen LogP contribution in [0, 0.1) is 12.7 Å². The molecule has 0 aliphatic carbocycles. The highest BCUT2D eigenvalue weighted by Gasteiger charge is 2.07. The van der Waals surface area contributed by atoms with Crippen LogP contribution >= 0.6 is 0 Å². The van der Waals surface area contributed by atoms with E-state index in [0.717, 1.165) is 6.54 Å². The lowest BCUT2D eigenvalue weighted by molar-refractivity contribution is -0.120. The number of nitrogens with zero attached hydrogens (tertiary/aromatic N) is 1. The maximum absolute atomic E-state index is 13.1. The summed E-state index contributed by atoms with van der Waals surface area (Å²) < 4.78 is 13.1. The molecule has 0 saturated carbocycles. The van der Waals surface area contributed by atoms with E-state index in [1.165, 1.54) is 23.3 Å². The summed E-state index contributed by atoms with van der Waals surface area (Å²) in [5.41, 5.74) is 3.19. The number of aliphatic imine (C=N–C) groups is 1. The predicted molar refractivity (Wildman–Crippen MR) is 112 cm³/mol. The van der Waals surface area contributed by atoms with Crippen molar-refractivity contribution in [3.8, 4) is 0 Å². The molecule has 150 valence electrons. The number of aryl methyl sites for hydroxylation is 1. The average molecular weight is 384 g/mol. The summed E-state index contributed by atoms with van der Waals surface area (Å²) in [6.07, 6.45) is 0.165. The van der Waals surface area contributed by atoms with E-state index in [0.29, 0.717) is 30.5 Å². The largest absolute Gasteiger partial charge is 0.356 e. The van der Waals surface area contributed by atoms with Gasteiger partial charge in [0.1, 0.15) is 5.82 Å². The second-order valence-electron chi connectivity index (χ2n) is 6.85. The van der Waals surface area contributed by atoms with Crippen molar-refractivity contribution in [3.05, 3.63) is 71.0 Å². The number of halogens is 1. The Morgan fingerprint density at radius 1 is 1.07 bits per heavy atom. The molecule has 0 aliphatic rings. The first-order chi connectivity index (χ1) is 13.5. The zero-order valence-electron chi connectivity index (χ0n) is 16.8. The third-order valence-corrected chi connectivity index (χ3v) is 4.44. The second-order valence-corrected chi connectivity index (χ2v) is 6.85. The van der Waals surface area contributed by atoms with Gasteiger partial charge in [-0.25, -0.2) is 4.39 Å². The second kappa shape index (κ2) is 11.1. The Hall–Kier alpha value is -2.89. The fourth-order valence-corrected chi connectivity index (χ4v) is 2.76. The van der Waals surface area contributed by atoms with Crippen molar-refractivity contribution >= 4 is 11.9 Å². The molecule has 0 heterocycles. The van der Waals surface area contributed by atoms with E-state index in [1.807, 2.05) is 0 Å². The number of hydrogen-bond donors (Lipinski definition) is 3. The number of nitrogens with one attached hydrogen (secondary N) is 3. The number of amides is 1. The Balaban J connectivity index is 1.66. The van der Waals surface area contributed by atoms with Crippen LogP contribution in [0.15, 0.2) is 53.5 Å². The summed E-state index contributed by atoms with van der Waals surface area (Å²) >= 11 is 0. The van der Waals surface area contributed by atoms with Crippen LogP contribution in [0.25, 0.3) is 0 Å². The van der Waals surface area contributed by atoms with Crippen molar-refractivity contribution < 1.29 is 9.18 Å². The van der Waals surface area contributed by atoms with Gasteiger partial charge < -0.3 is 16.0 Å². The number of guanidine groups is 1. The minimum Gasteiger partial charge on any atom is -0.356 e. The van der Waals surface area contributed by atoms with Crippen molar-refractivity contribution in [2.45, 2.75) is 26.2 Å². The van der Waals surface area contributed by atoms with Gasteiger partial charge in [-0.05, 0) is 36.1 Å². The molecule has 1 unspecified atom stereocenters. The molecule has 0 spiro atoms. The minimum atomic E-state index is -0.332. The average Bonchev–Trinajstić information content (AvgIpc) is 2.67. The standard InChI is InChI=1S/C22H29FN4O/c1-16-7-9-19(10-8-16)17(2)15-27-22(24-3)26-12-11-25-21(28)14-18-5-4-6-20(23)13-18/h4-10,13,17H,11-12,14-15H2,1-3H3,(H,25,28)(H2,24,26,27). The molecular formula is C22H29FN4O. The fraction of sp³-hybridized carbons (Fsp3) is 0.364. The Morgan fingerprint density at radius 2 is 1.79 bits per heavy atom. The van der Waals surface area contributed by atoms with Crippen molar-refractivity contribution in [1.82, 2.24) is 16.0 Å². The molecule has 5 nitrogen and oxygen atoms in total. The molecule has 2 rings (SSSR count). The maximum atomic E-state index is 13.1. The van der Waals surface area contributed by atoms with Gasteiger partial charge in [0.15, 0.2) is 5.96 Å². The van der Waals surface area contributed by atoms with Gasteiger partial charge in [-0.3, -0.25) is 9.79 Å². The van der Waals surface area contributed by atoms with Crippen molar-refractivity contribution in [2.24, 2.45) is 4.99 Å². The maximum Gasteiger partial charge on any atom is 0.224 e. The molecule has 3 N–H and O–H groups in total. The molecule has 2 aromatic carbocycles. The molecule has 0 saturated heterocycles. The summed E-state index contributed by atoms with van der Waals surface area (Å²) in [5, 5.41) is 9.30. The third kappa shape index (κ3) is 7.39. The first kappa shape index (κ1) is 21.4.